The van der Waals surface area contributed by atoms with Crippen LogP contribution >= 0.6 is 11.3 Å². The number of benzene rings is 2. The number of aliphatic hydroxyl groups is 1. The van der Waals surface area contributed by atoms with Gasteiger partial charge in [0.25, 0.3) is 0 Å². The second-order valence-corrected chi connectivity index (χ2v) is 19.4. The van der Waals surface area contributed by atoms with Gasteiger partial charge < -0.3 is 58.8 Å². The van der Waals surface area contributed by atoms with Gasteiger partial charge in [0.1, 0.15) is 25.3 Å². The maximum atomic E-state index is 14.0. The van der Waals surface area contributed by atoms with E-state index < -0.39 is 35.4 Å². The summed E-state index contributed by atoms with van der Waals surface area (Å²) < 4.78 is 39.1. The number of pyridine rings is 2. The van der Waals surface area contributed by atoms with Crippen LogP contribution in [0.5, 0.6) is 5.88 Å². The lowest BCUT2D eigenvalue weighted by Gasteiger charge is -2.35. The molecule has 1 saturated heterocycles. The Labute approximate surface area is 424 Å². The third-order valence-corrected chi connectivity index (χ3v) is 13.1. The molecule has 0 radical (unpaired) electrons. The van der Waals surface area contributed by atoms with Gasteiger partial charge in [-0.15, -0.1) is 11.3 Å². The van der Waals surface area contributed by atoms with Gasteiger partial charge in [-0.25, -0.2) is 9.97 Å². The van der Waals surface area contributed by atoms with Crippen LogP contribution in [0.25, 0.3) is 43.4 Å². The van der Waals surface area contributed by atoms with E-state index in [0.29, 0.717) is 71.9 Å². The summed E-state index contributed by atoms with van der Waals surface area (Å²) in [5.74, 6) is -0.767. The molecule has 0 aliphatic carbocycles. The SMILES string of the molecule is Cc1ncsc1-c1ccc(C(C)NC(=O)[C@@H]2C[C@@H](O)CN2C(=O)C(NC(=O)COCCOCCOCCOCCOCCOCCOc2ccc(-c3ccc4c(c3)[nH]c3ccncc34)cn2)C(C)(C)C)cc1. The Balaban J connectivity index is 0.668. The summed E-state index contributed by atoms with van der Waals surface area (Å²) in [6, 6.07) is 17.8. The van der Waals surface area contributed by atoms with Crippen molar-refractivity contribution in [1.82, 2.24) is 35.5 Å². The van der Waals surface area contributed by atoms with Gasteiger partial charge in [0, 0.05) is 65.0 Å². The summed E-state index contributed by atoms with van der Waals surface area (Å²) in [6.07, 6.45) is 4.68. The number of carbonyl (C=O) groups excluding carboxylic acids is 3. The van der Waals surface area contributed by atoms with Crippen LogP contribution in [0.1, 0.15) is 51.4 Å². The van der Waals surface area contributed by atoms with Crippen LogP contribution in [0, 0.1) is 12.3 Å². The average molecular weight is 1010 g/mol. The molecule has 1 aliphatic heterocycles. The van der Waals surface area contributed by atoms with E-state index in [0.717, 1.165) is 54.6 Å². The monoisotopic (exact) mass is 1010 g/mol. The molecule has 3 amide bonds. The number of aromatic nitrogens is 4. The molecule has 2 aromatic carbocycles. The van der Waals surface area contributed by atoms with E-state index >= 15 is 0 Å². The summed E-state index contributed by atoms with van der Waals surface area (Å²) in [5, 5.41) is 18.7. The van der Waals surface area contributed by atoms with E-state index in [1.807, 2.05) is 88.8 Å². The highest BCUT2D eigenvalue weighted by Crippen LogP contribution is 2.31. The van der Waals surface area contributed by atoms with E-state index in [1.54, 1.807) is 23.7 Å². The number of H-pyrrole nitrogens is 1. The predicted octanol–water partition coefficient (Wildman–Crippen LogP) is 6.06. The fourth-order valence-electron chi connectivity index (χ4n) is 8.25. The number of likely N-dealkylation sites (tertiary alicyclic amines) is 1. The first-order chi connectivity index (χ1) is 34.9. The maximum Gasteiger partial charge on any atom is 0.246 e. The summed E-state index contributed by atoms with van der Waals surface area (Å²) in [7, 11) is 0. The molecule has 4 N–H and O–H groups in total. The van der Waals surface area contributed by atoms with Gasteiger partial charge in [-0.05, 0) is 54.2 Å². The molecule has 0 saturated carbocycles. The van der Waals surface area contributed by atoms with Crippen LogP contribution in [-0.2, 0) is 42.8 Å². The number of hydrogen-bond donors (Lipinski definition) is 4. The van der Waals surface area contributed by atoms with Crippen LogP contribution in [0.4, 0.5) is 0 Å². The molecule has 6 aromatic rings. The van der Waals surface area contributed by atoms with Crippen molar-refractivity contribution in [2.75, 3.05) is 92.4 Å². The molecule has 1 aliphatic rings. The molecule has 7 rings (SSSR count). The third kappa shape index (κ3) is 15.3. The molecule has 0 bridgehead atoms. The standard InChI is InChI=1S/C53H67N7O11S/c1-35(37-6-8-38(9-7-37)49-36(2)56-34-72-49)57-51(63)46-29-41(61)32-60(46)52(64)50(53(3,4)5)59-47(62)33-70-25-24-68-21-20-66-17-16-65-18-19-67-22-23-69-26-27-71-48-13-11-40(30-55-48)39-10-12-42-43-31-54-15-14-44(43)58-45(42)28-39/h6-15,28,30-31,34-35,41,46,50,58,61H,16-27,29,32-33H2,1-5H3,(H,57,63)(H,59,62)/t35?,41-,46+,50?/m1/s1. The minimum atomic E-state index is -0.968. The minimum Gasteiger partial charge on any atom is -0.475 e. The number of aryl methyl sites for hydroxylation is 1. The van der Waals surface area contributed by atoms with E-state index in [2.05, 4.69) is 48.8 Å². The first-order valence-corrected chi connectivity index (χ1v) is 25.2. The molecule has 19 heteroatoms. The number of nitrogens with zero attached hydrogens (tertiary/aromatic N) is 4. The second kappa shape index (κ2) is 26.7. The van der Waals surface area contributed by atoms with Crippen molar-refractivity contribution in [3.05, 3.63) is 96.0 Å². The van der Waals surface area contributed by atoms with Crippen LogP contribution in [0.3, 0.4) is 0 Å². The van der Waals surface area contributed by atoms with Crippen molar-refractivity contribution < 1.29 is 52.6 Å². The number of amides is 3. The van der Waals surface area contributed by atoms with E-state index in [1.165, 1.54) is 4.90 Å². The Bertz CT molecular complexity index is 2660. The zero-order valence-corrected chi connectivity index (χ0v) is 42.5. The Hall–Kier alpha value is -5.90. The number of aliphatic hydroxyl groups excluding tert-OH is 1. The van der Waals surface area contributed by atoms with Gasteiger partial charge in [-0.3, -0.25) is 19.4 Å². The van der Waals surface area contributed by atoms with Gasteiger partial charge in [0.05, 0.1) is 101 Å². The Kier molecular flexibility index (Phi) is 20.0. The number of hydrogen-bond acceptors (Lipinski definition) is 15. The number of carbonyl (C=O) groups is 3. The third-order valence-electron chi connectivity index (χ3n) is 12.1. The van der Waals surface area contributed by atoms with Gasteiger partial charge in [0.15, 0.2) is 0 Å². The second-order valence-electron chi connectivity index (χ2n) is 18.5. The van der Waals surface area contributed by atoms with E-state index in [-0.39, 0.29) is 44.7 Å². The topological polar surface area (TPSA) is 218 Å². The van der Waals surface area contributed by atoms with Crippen molar-refractivity contribution in [3.63, 3.8) is 0 Å². The molecule has 2 unspecified atom stereocenters. The molecule has 1 fully saturated rings. The van der Waals surface area contributed by atoms with Crippen molar-refractivity contribution in [2.24, 2.45) is 5.41 Å². The lowest BCUT2D eigenvalue weighted by Crippen LogP contribution is -2.58. The lowest BCUT2D eigenvalue weighted by atomic mass is 9.85. The molecule has 0 spiro atoms. The number of rotatable bonds is 28. The zero-order valence-electron chi connectivity index (χ0n) is 41.7. The molecule has 4 aromatic heterocycles. The Morgan fingerprint density at radius 1 is 0.750 bits per heavy atom. The van der Waals surface area contributed by atoms with E-state index in [4.69, 9.17) is 33.2 Å². The van der Waals surface area contributed by atoms with Crippen molar-refractivity contribution in [1.29, 1.82) is 0 Å². The van der Waals surface area contributed by atoms with Gasteiger partial charge in [0.2, 0.25) is 23.6 Å². The van der Waals surface area contributed by atoms with Gasteiger partial charge in [-0.1, -0.05) is 57.2 Å². The normalized spacial score (nSPS) is 15.8. The van der Waals surface area contributed by atoms with Crippen LogP contribution in [0.2, 0.25) is 0 Å². The summed E-state index contributed by atoms with van der Waals surface area (Å²) in [5.41, 5.74) is 8.19. The number of nitrogens with one attached hydrogen (secondary N) is 3. The number of fused-ring (bicyclic) bond motifs is 3. The van der Waals surface area contributed by atoms with Crippen LogP contribution in [-0.4, -0.2) is 158 Å². The summed E-state index contributed by atoms with van der Waals surface area (Å²) in [4.78, 5) is 59.5. The smallest absolute Gasteiger partial charge is 0.246 e. The minimum absolute atomic E-state index is 0.0200. The highest BCUT2D eigenvalue weighted by atomic mass is 32.1. The Morgan fingerprint density at radius 3 is 1.99 bits per heavy atom. The molecule has 18 nitrogen and oxygen atoms in total. The van der Waals surface area contributed by atoms with E-state index in [9.17, 15) is 19.5 Å². The van der Waals surface area contributed by atoms with Crippen molar-refractivity contribution >= 4 is 50.9 Å². The first-order valence-electron chi connectivity index (χ1n) is 24.4. The molecule has 4 atom stereocenters. The molecule has 386 valence electrons. The largest absolute Gasteiger partial charge is 0.475 e. The highest BCUT2D eigenvalue weighted by Gasteiger charge is 2.44. The number of thiazole rings is 1. The van der Waals surface area contributed by atoms with Crippen molar-refractivity contribution in [3.8, 4) is 27.4 Å². The molecule has 72 heavy (non-hydrogen) atoms. The zero-order chi connectivity index (χ0) is 50.9. The average Bonchev–Trinajstić information content (AvgIpc) is 4.10. The summed E-state index contributed by atoms with van der Waals surface area (Å²) in [6.45, 7) is 13.5. The quantitative estimate of drug-likeness (QED) is 0.0411. The highest BCUT2D eigenvalue weighted by molar-refractivity contribution is 7.13. The van der Waals surface area contributed by atoms with Crippen LogP contribution in [0.15, 0.2) is 84.8 Å². The fourth-order valence-corrected chi connectivity index (χ4v) is 9.06. The van der Waals surface area contributed by atoms with Crippen LogP contribution < -0.4 is 15.4 Å². The van der Waals surface area contributed by atoms with Gasteiger partial charge in [-0.2, -0.15) is 0 Å². The lowest BCUT2D eigenvalue weighted by molar-refractivity contribution is -0.144. The number of β-amino-alcohol motifs (C(OH)–C–C–N with tert-alkyl or cyclic N) is 1. The van der Waals surface area contributed by atoms with Crippen molar-refractivity contribution in [2.45, 2.75) is 65.3 Å². The first kappa shape index (κ1) is 53.9. The molecule has 5 heterocycles. The van der Waals surface area contributed by atoms with Gasteiger partial charge >= 0.3 is 0 Å². The number of aromatic amines is 1. The summed E-state index contributed by atoms with van der Waals surface area (Å²) >= 11 is 1.57. The Morgan fingerprint density at radius 2 is 1.38 bits per heavy atom. The molecular weight excluding hydrogens is 943 g/mol. The fraction of sp³-hybridized carbons (Fsp3) is 0.472. The number of ether oxygens (including phenoxy) is 7. The maximum absolute atomic E-state index is 14.0. The molecular formula is C53H67N7O11S. The predicted molar refractivity (Wildman–Crippen MR) is 274 cm³/mol.